The molecule has 2 aromatic carbocycles. The Morgan fingerprint density at radius 3 is 2.43 bits per heavy atom. The van der Waals surface area contributed by atoms with E-state index in [0.717, 1.165) is 11.1 Å². The molecule has 2 N–H and O–H groups in total. The fraction of sp³-hybridized carbons (Fsp3) is 0.423. The van der Waals surface area contributed by atoms with Crippen LogP contribution in [-0.4, -0.2) is 53.7 Å². The van der Waals surface area contributed by atoms with Crippen LogP contribution in [0.5, 0.6) is 11.5 Å². The molecule has 0 unspecified atom stereocenters. The number of ether oxygens (including phenoxy) is 3. The van der Waals surface area contributed by atoms with Gasteiger partial charge in [-0.1, -0.05) is 24.3 Å². The highest BCUT2D eigenvalue weighted by Crippen LogP contribution is 2.32. The maximum absolute atomic E-state index is 13.3. The molecule has 0 fully saturated rings. The van der Waals surface area contributed by atoms with Crippen molar-refractivity contribution in [3.05, 3.63) is 53.6 Å². The number of anilines is 1. The van der Waals surface area contributed by atoms with Gasteiger partial charge in [-0.15, -0.1) is 0 Å². The molecule has 0 saturated carbocycles. The van der Waals surface area contributed by atoms with E-state index in [4.69, 9.17) is 14.2 Å². The molecule has 0 saturated heterocycles. The summed E-state index contributed by atoms with van der Waals surface area (Å²) in [6.45, 7) is 8.11. The minimum Gasteiger partial charge on any atom is -0.486 e. The first kappa shape index (κ1) is 24.4. The maximum atomic E-state index is 13.3. The van der Waals surface area contributed by atoms with Crippen LogP contribution < -0.4 is 20.1 Å². The highest BCUT2D eigenvalue weighted by Gasteiger charge is 2.37. The first-order valence-electron chi connectivity index (χ1n) is 11.7. The molecule has 0 aromatic heterocycles. The van der Waals surface area contributed by atoms with Crippen molar-refractivity contribution < 1.29 is 28.6 Å². The molecule has 9 nitrogen and oxygen atoms in total. The summed E-state index contributed by atoms with van der Waals surface area (Å²) in [4.78, 5) is 40.4. The van der Waals surface area contributed by atoms with Gasteiger partial charge in [0.15, 0.2) is 11.5 Å². The summed E-state index contributed by atoms with van der Waals surface area (Å²) in [6.07, 6.45) is -0.238. The fourth-order valence-electron chi connectivity index (χ4n) is 4.02. The Bertz CT molecular complexity index is 1130. The zero-order valence-electron chi connectivity index (χ0n) is 20.4. The van der Waals surface area contributed by atoms with Crippen LogP contribution in [-0.2, 0) is 27.3 Å². The Labute approximate surface area is 204 Å². The molecule has 9 heteroatoms. The average molecular weight is 482 g/mol. The molecule has 3 amide bonds. The lowest BCUT2D eigenvalue weighted by atomic mass is 9.93. The van der Waals surface area contributed by atoms with Crippen molar-refractivity contribution in [1.82, 2.24) is 10.2 Å². The summed E-state index contributed by atoms with van der Waals surface area (Å²) in [5, 5.41) is 5.54. The lowest BCUT2D eigenvalue weighted by Crippen LogP contribution is -2.56. The van der Waals surface area contributed by atoms with Gasteiger partial charge in [-0.3, -0.25) is 14.5 Å². The highest BCUT2D eigenvalue weighted by atomic mass is 16.6. The monoisotopic (exact) mass is 481 g/mol. The Hall–Kier alpha value is -3.75. The van der Waals surface area contributed by atoms with Crippen LogP contribution in [0.4, 0.5) is 10.5 Å². The van der Waals surface area contributed by atoms with Gasteiger partial charge < -0.3 is 24.8 Å². The number of nitrogens with zero attached hydrogens (tertiary/aromatic N) is 1. The zero-order chi connectivity index (χ0) is 25.2. The van der Waals surface area contributed by atoms with Gasteiger partial charge in [-0.05, 0) is 51.0 Å². The minimum atomic E-state index is -0.839. The van der Waals surface area contributed by atoms with Crippen molar-refractivity contribution in [3.63, 3.8) is 0 Å². The predicted octanol–water partition coefficient (Wildman–Crippen LogP) is 3.26. The summed E-state index contributed by atoms with van der Waals surface area (Å²) in [5.74, 6) is 0.361. The Morgan fingerprint density at radius 1 is 1.03 bits per heavy atom. The van der Waals surface area contributed by atoms with E-state index in [0.29, 0.717) is 36.8 Å². The summed E-state index contributed by atoms with van der Waals surface area (Å²) >= 11 is 0. The molecule has 2 atom stereocenters. The molecule has 2 heterocycles. The molecule has 35 heavy (non-hydrogen) atoms. The largest absolute Gasteiger partial charge is 0.486 e. The van der Waals surface area contributed by atoms with Gasteiger partial charge in [0.1, 0.15) is 30.9 Å². The van der Waals surface area contributed by atoms with Crippen LogP contribution in [0.1, 0.15) is 38.8 Å². The number of hydrogen-bond donors (Lipinski definition) is 2. The van der Waals surface area contributed by atoms with E-state index in [1.807, 2.05) is 24.3 Å². The van der Waals surface area contributed by atoms with Gasteiger partial charge in [-0.25, -0.2) is 4.79 Å². The lowest BCUT2D eigenvalue weighted by molar-refractivity contribution is -0.130. The maximum Gasteiger partial charge on any atom is 0.411 e. The van der Waals surface area contributed by atoms with Crippen LogP contribution in [0.3, 0.4) is 0 Å². The third-order valence-corrected chi connectivity index (χ3v) is 5.74. The van der Waals surface area contributed by atoms with Crippen LogP contribution in [0.25, 0.3) is 0 Å². The normalized spacial score (nSPS) is 17.6. The number of carbonyl (C=O) groups excluding carboxylic acids is 3. The van der Waals surface area contributed by atoms with E-state index in [2.05, 4.69) is 10.6 Å². The van der Waals surface area contributed by atoms with Crippen molar-refractivity contribution in [1.29, 1.82) is 0 Å². The highest BCUT2D eigenvalue weighted by molar-refractivity contribution is 5.98. The second-order valence-corrected chi connectivity index (χ2v) is 9.67. The number of hydrogen-bond acceptors (Lipinski definition) is 6. The Kier molecular flexibility index (Phi) is 6.86. The smallest absolute Gasteiger partial charge is 0.411 e. The van der Waals surface area contributed by atoms with Crippen molar-refractivity contribution >= 4 is 23.6 Å². The molecule has 2 aromatic rings. The van der Waals surface area contributed by atoms with Gasteiger partial charge in [0.25, 0.3) is 0 Å². The Morgan fingerprint density at radius 2 is 1.71 bits per heavy atom. The molecule has 186 valence electrons. The van der Waals surface area contributed by atoms with Crippen molar-refractivity contribution in [3.8, 4) is 11.5 Å². The summed E-state index contributed by atoms with van der Waals surface area (Å²) in [7, 11) is 0. The van der Waals surface area contributed by atoms with Gasteiger partial charge in [-0.2, -0.15) is 0 Å². The molecule has 2 aliphatic rings. The number of amides is 3. The molecular weight excluding hydrogens is 450 g/mol. The number of carbonyl (C=O) groups is 3. The van der Waals surface area contributed by atoms with Crippen molar-refractivity contribution in [2.75, 3.05) is 18.5 Å². The molecule has 4 rings (SSSR count). The molecule has 0 spiro atoms. The van der Waals surface area contributed by atoms with Gasteiger partial charge in [0.05, 0.1) is 6.54 Å². The van der Waals surface area contributed by atoms with Crippen LogP contribution in [0.2, 0.25) is 0 Å². The predicted molar refractivity (Wildman–Crippen MR) is 129 cm³/mol. The second kappa shape index (κ2) is 9.85. The van der Waals surface area contributed by atoms with E-state index in [1.165, 1.54) is 4.90 Å². The molecule has 2 aliphatic heterocycles. The van der Waals surface area contributed by atoms with E-state index in [9.17, 15) is 14.4 Å². The molecule has 0 bridgehead atoms. The molecular formula is C26H31N3O6. The van der Waals surface area contributed by atoms with Crippen molar-refractivity contribution in [2.45, 2.75) is 58.3 Å². The minimum absolute atomic E-state index is 0.251. The topological polar surface area (TPSA) is 106 Å². The third kappa shape index (κ3) is 5.85. The Balaban J connectivity index is 1.45. The fourth-order valence-corrected chi connectivity index (χ4v) is 4.02. The molecule has 0 radical (unpaired) electrons. The third-order valence-electron chi connectivity index (χ3n) is 5.74. The number of rotatable bonds is 4. The summed E-state index contributed by atoms with van der Waals surface area (Å²) < 4.78 is 16.6. The number of fused-ring (bicyclic) bond motifs is 2. The standard InChI is InChI=1S/C26H31N3O6/c1-16(23(30)28-19-9-10-21-22(14-19)34-12-11-33-21)27-24(31)20-13-17-7-5-6-8-18(17)15-29(20)25(32)35-26(2,3)4/h5-10,14,16,20H,11-13,15H2,1-4H3,(H,27,31)(H,28,30)/t16-,20-/m1/s1. The first-order chi connectivity index (χ1) is 16.6. The van der Waals surface area contributed by atoms with E-state index in [-0.39, 0.29) is 6.54 Å². The van der Waals surface area contributed by atoms with Crippen LogP contribution in [0, 0.1) is 0 Å². The number of benzene rings is 2. The first-order valence-corrected chi connectivity index (χ1v) is 11.7. The summed E-state index contributed by atoms with van der Waals surface area (Å²) in [5.41, 5.74) is 1.78. The second-order valence-electron chi connectivity index (χ2n) is 9.67. The molecule has 0 aliphatic carbocycles. The number of nitrogens with one attached hydrogen (secondary N) is 2. The summed E-state index contributed by atoms with van der Waals surface area (Å²) in [6, 6.07) is 11.2. The van der Waals surface area contributed by atoms with Gasteiger partial charge >= 0.3 is 6.09 Å². The average Bonchev–Trinajstić information content (AvgIpc) is 2.82. The SMILES string of the molecule is C[C@@H](NC(=O)[C@H]1Cc2ccccc2CN1C(=O)OC(C)(C)C)C(=O)Nc1ccc2c(c1)OCCO2. The van der Waals surface area contributed by atoms with Gasteiger partial charge in [0, 0.05) is 18.2 Å². The van der Waals surface area contributed by atoms with E-state index >= 15 is 0 Å². The van der Waals surface area contributed by atoms with Gasteiger partial charge in [0.2, 0.25) is 11.8 Å². The van der Waals surface area contributed by atoms with Crippen molar-refractivity contribution in [2.24, 2.45) is 0 Å². The van der Waals surface area contributed by atoms with E-state index < -0.39 is 35.6 Å². The lowest BCUT2D eigenvalue weighted by Gasteiger charge is -2.37. The van der Waals surface area contributed by atoms with Crippen LogP contribution in [0.15, 0.2) is 42.5 Å². The van der Waals surface area contributed by atoms with E-state index in [1.54, 1.807) is 45.9 Å². The quantitative estimate of drug-likeness (QED) is 0.694. The van der Waals surface area contributed by atoms with Crippen LogP contribution >= 0.6 is 0 Å². The zero-order valence-corrected chi connectivity index (χ0v) is 20.4.